The number of hydrogen-bond acceptors (Lipinski definition) is 5. The molecule has 2 N–H and O–H groups in total. The van der Waals surface area contributed by atoms with Crippen LogP contribution in [0.3, 0.4) is 0 Å². The Balaban J connectivity index is 2.45. The molecule has 1 aromatic rings. The Morgan fingerprint density at radius 3 is 2.89 bits per heavy atom. The third-order valence-corrected chi connectivity index (χ3v) is 2.78. The first-order valence-electron chi connectivity index (χ1n) is 6.27. The number of anilines is 1. The van der Waals surface area contributed by atoms with Gasteiger partial charge in [0.15, 0.2) is 0 Å². The van der Waals surface area contributed by atoms with E-state index >= 15 is 0 Å². The van der Waals surface area contributed by atoms with Crippen molar-refractivity contribution in [1.82, 2.24) is 5.32 Å². The zero-order valence-electron chi connectivity index (χ0n) is 11.5. The predicted octanol–water partition coefficient (Wildman–Crippen LogP) is 0.591. The number of aliphatic hydroxyl groups is 1. The Kier molecular flexibility index (Phi) is 6.90. The Morgan fingerprint density at radius 2 is 2.21 bits per heavy atom. The van der Waals surface area contributed by atoms with Gasteiger partial charge >= 0.3 is 0 Å². The van der Waals surface area contributed by atoms with Crippen LogP contribution < -0.4 is 10.2 Å². The van der Waals surface area contributed by atoms with E-state index in [0.717, 1.165) is 5.69 Å². The van der Waals surface area contributed by atoms with Crippen LogP contribution in [0.1, 0.15) is 5.56 Å². The van der Waals surface area contributed by atoms with E-state index in [0.29, 0.717) is 31.8 Å². The summed E-state index contributed by atoms with van der Waals surface area (Å²) in [5, 5.41) is 22.1. The van der Waals surface area contributed by atoms with Gasteiger partial charge in [0.05, 0.1) is 24.0 Å². The zero-order valence-corrected chi connectivity index (χ0v) is 11.5. The van der Waals surface area contributed by atoms with E-state index in [-0.39, 0.29) is 0 Å². The number of aliphatic hydroxyl groups excluding tert-OH is 1. The number of benzene rings is 1. The lowest BCUT2D eigenvalue weighted by Gasteiger charge is -2.23. The fraction of sp³-hybridized carbons (Fsp3) is 0.500. The lowest BCUT2D eigenvalue weighted by Crippen LogP contribution is -2.37. The maximum absolute atomic E-state index is 9.92. The van der Waals surface area contributed by atoms with Gasteiger partial charge in [-0.05, 0) is 12.1 Å². The third-order valence-electron chi connectivity index (χ3n) is 2.78. The standard InChI is InChI=1S/C14H21N3O2/c1-17(11-13(18)10-16-7-8-19-2)14-6-4-3-5-12(14)9-15/h3-6,13,16,18H,7-8,10-11H2,1-2H3. The van der Waals surface area contributed by atoms with Crippen LogP contribution in [0.2, 0.25) is 0 Å². The van der Waals surface area contributed by atoms with Crippen molar-refractivity contribution in [3.05, 3.63) is 29.8 Å². The first kappa shape index (κ1) is 15.4. The summed E-state index contributed by atoms with van der Waals surface area (Å²) in [4.78, 5) is 1.89. The molecule has 5 heteroatoms. The minimum absolute atomic E-state index is 0.471. The molecule has 1 rings (SSSR count). The summed E-state index contributed by atoms with van der Waals surface area (Å²) < 4.78 is 4.91. The fourth-order valence-corrected chi connectivity index (χ4v) is 1.82. The average molecular weight is 263 g/mol. The minimum atomic E-state index is -0.492. The lowest BCUT2D eigenvalue weighted by molar-refractivity contribution is 0.164. The van der Waals surface area contributed by atoms with Gasteiger partial charge in [-0.3, -0.25) is 0 Å². The highest BCUT2D eigenvalue weighted by Crippen LogP contribution is 2.17. The monoisotopic (exact) mass is 263 g/mol. The van der Waals surface area contributed by atoms with Crippen LogP contribution in [0.15, 0.2) is 24.3 Å². The summed E-state index contributed by atoms with van der Waals surface area (Å²) in [6, 6.07) is 9.52. The second-order valence-electron chi connectivity index (χ2n) is 4.36. The summed E-state index contributed by atoms with van der Waals surface area (Å²) in [5.41, 5.74) is 1.45. The van der Waals surface area contributed by atoms with Crippen LogP contribution in [0.25, 0.3) is 0 Å². The van der Waals surface area contributed by atoms with Crippen LogP contribution in [0, 0.1) is 11.3 Å². The highest BCUT2D eigenvalue weighted by molar-refractivity contribution is 5.58. The summed E-state index contributed by atoms with van der Waals surface area (Å²) in [6.07, 6.45) is -0.492. The largest absolute Gasteiger partial charge is 0.390 e. The molecule has 0 aliphatic heterocycles. The summed E-state index contributed by atoms with van der Waals surface area (Å²) in [5.74, 6) is 0. The molecule has 0 radical (unpaired) electrons. The zero-order chi connectivity index (χ0) is 14.1. The van der Waals surface area contributed by atoms with Crippen LogP contribution in [0.5, 0.6) is 0 Å². The number of para-hydroxylation sites is 1. The number of nitrogens with zero attached hydrogens (tertiary/aromatic N) is 2. The Labute approximate surface area is 114 Å². The van der Waals surface area contributed by atoms with E-state index in [2.05, 4.69) is 11.4 Å². The van der Waals surface area contributed by atoms with Gasteiger partial charge in [0.25, 0.3) is 0 Å². The molecule has 0 saturated heterocycles. The number of ether oxygens (including phenoxy) is 1. The molecule has 0 bridgehead atoms. The Hall–Kier alpha value is -1.61. The molecular formula is C14H21N3O2. The second kappa shape index (κ2) is 8.48. The van der Waals surface area contributed by atoms with Gasteiger partial charge in [-0.2, -0.15) is 5.26 Å². The van der Waals surface area contributed by atoms with Gasteiger partial charge in [-0.1, -0.05) is 12.1 Å². The van der Waals surface area contributed by atoms with E-state index < -0.39 is 6.10 Å². The molecule has 104 valence electrons. The predicted molar refractivity (Wildman–Crippen MR) is 75.2 cm³/mol. The van der Waals surface area contributed by atoms with Crippen molar-refractivity contribution in [3.8, 4) is 6.07 Å². The molecule has 0 fully saturated rings. The average Bonchev–Trinajstić information content (AvgIpc) is 2.43. The van der Waals surface area contributed by atoms with Gasteiger partial charge in [-0.15, -0.1) is 0 Å². The summed E-state index contributed by atoms with van der Waals surface area (Å²) >= 11 is 0. The number of hydrogen-bond donors (Lipinski definition) is 2. The number of nitrogens with one attached hydrogen (secondary N) is 1. The molecule has 0 aromatic heterocycles. The first-order valence-corrected chi connectivity index (χ1v) is 6.27. The minimum Gasteiger partial charge on any atom is -0.390 e. The smallest absolute Gasteiger partial charge is 0.101 e. The normalized spacial score (nSPS) is 11.9. The molecular weight excluding hydrogens is 242 g/mol. The van der Waals surface area contributed by atoms with Gasteiger partial charge in [0, 0.05) is 33.8 Å². The van der Waals surface area contributed by atoms with Gasteiger partial charge < -0.3 is 20.1 Å². The molecule has 5 nitrogen and oxygen atoms in total. The van der Waals surface area contributed by atoms with E-state index in [1.54, 1.807) is 13.2 Å². The maximum Gasteiger partial charge on any atom is 0.101 e. The number of rotatable bonds is 8. The van der Waals surface area contributed by atoms with Crippen LogP contribution >= 0.6 is 0 Å². The van der Waals surface area contributed by atoms with Crippen LogP contribution in [-0.2, 0) is 4.74 Å². The van der Waals surface area contributed by atoms with Crippen molar-refractivity contribution in [2.45, 2.75) is 6.10 Å². The quantitative estimate of drug-likeness (QED) is 0.672. The van der Waals surface area contributed by atoms with Crippen molar-refractivity contribution in [2.75, 3.05) is 45.3 Å². The van der Waals surface area contributed by atoms with E-state index in [9.17, 15) is 5.11 Å². The van der Waals surface area contributed by atoms with E-state index in [1.165, 1.54) is 0 Å². The Morgan fingerprint density at radius 1 is 1.47 bits per heavy atom. The highest BCUT2D eigenvalue weighted by atomic mass is 16.5. The molecule has 1 unspecified atom stereocenters. The summed E-state index contributed by atoms with van der Waals surface area (Å²) in [6.45, 7) is 2.31. The summed E-state index contributed by atoms with van der Waals surface area (Å²) in [7, 11) is 3.51. The van der Waals surface area contributed by atoms with E-state index in [4.69, 9.17) is 10.00 Å². The number of likely N-dealkylation sites (N-methyl/N-ethyl adjacent to an activating group) is 1. The Bertz CT molecular complexity index is 417. The molecule has 0 heterocycles. The molecule has 0 aliphatic rings. The molecule has 1 atom stereocenters. The molecule has 0 amide bonds. The van der Waals surface area contributed by atoms with Crippen molar-refractivity contribution >= 4 is 5.69 Å². The van der Waals surface area contributed by atoms with Crippen molar-refractivity contribution in [1.29, 1.82) is 5.26 Å². The molecule has 0 spiro atoms. The first-order chi connectivity index (χ1) is 9.19. The van der Waals surface area contributed by atoms with Crippen LogP contribution in [-0.4, -0.2) is 51.6 Å². The second-order valence-corrected chi connectivity index (χ2v) is 4.36. The van der Waals surface area contributed by atoms with Gasteiger partial charge in [0.2, 0.25) is 0 Å². The van der Waals surface area contributed by atoms with Crippen molar-refractivity contribution in [3.63, 3.8) is 0 Å². The van der Waals surface area contributed by atoms with Gasteiger partial charge in [0.1, 0.15) is 6.07 Å². The lowest BCUT2D eigenvalue weighted by atomic mass is 10.1. The maximum atomic E-state index is 9.92. The van der Waals surface area contributed by atoms with E-state index in [1.807, 2.05) is 30.1 Å². The third kappa shape index (κ3) is 5.26. The SMILES string of the molecule is COCCNCC(O)CN(C)c1ccccc1C#N. The van der Waals surface area contributed by atoms with Crippen molar-refractivity contribution < 1.29 is 9.84 Å². The molecule has 1 aromatic carbocycles. The molecule has 0 aliphatic carbocycles. The van der Waals surface area contributed by atoms with Gasteiger partial charge in [-0.25, -0.2) is 0 Å². The van der Waals surface area contributed by atoms with Crippen LogP contribution in [0.4, 0.5) is 5.69 Å². The molecule has 0 saturated carbocycles. The fourth-order valence-electron chi connectivity index (χ4n) is 1.82. The topological polar surface area (TPSA) is 68.5 Å². The number of nitriles is 1. The highest BCUT2D eigenvalue weighted by Gasteiger charge is 2.11. The molecule has 19 heavy (non-hydrogen) atoms. The van der Waals surface area contributed by atoms with Crippen molar-refractivity contribution in [2.24, 2.45) is 0 Å². The number of methoxy groups -OCH3 is 1.